The van der Waals surface area contributed by atoms with E-state index in [0.29, 0.717) is 17.7 Å². The first kappa shape index (κ1) is 19.8. The van der Waals surface area contributed by atoms with Crippen molar-refractivity contribution in [3.8, 4) is 5.75 Å². The van der Waals surface area contributed by atoms with Crippen molar-refractivity contribution in [2.75, 3.05) is 6.61 Å². The molecule has 2 N–H and O–H groups in total. The number of allylic oxidation sites excluding steroid dienone is 2. The van der Waals surface area contributed by atoms with E-state index in [2.05, 4.69) is 13.2 Å². The number of nitrogens with two attached hydrogens (primary N) is 1. The van der Waals surface area contributed by atoms with Gasteiger partial charge in [-0.2, -0.15) is 26.3 Å². The van der Waals surface area contributed by atoms with Crippen molar-refractivity contribution in [2.45, 2.75) is 18.4 Å². The highest BCUT2D eigenvalue weighted by molar-refractivity contribution is 5.37. The molecule has 132 valence electrons. The van der Waals surface area contributed by atoms with Crippen LogP contribution in [0.4, 0.5) is 26.3 Å². The van der Waals surface area contributed by atoms with Crippen LogP contribution in [0.15, 0.2) is 55.2 Å². The minimum absolute atomic E-state index is 0.0274. The van der Waals surface area contributed by atoms with Crippen LogP contribution in [0.25, 0.3) is 0 Å². The molecule has 1 atom stereocenters. The van der Waals surface area contributed by atoms with Crippen molar-refractivity contribution in [3.05, 3.63) is 66.3 Å². The molecule has 0 aliphatic carbocycles. The maximum absolute atomic E-state index is 12.7. The minimum atomic E-state index is -4.93. The fraction of sp³-hybridized carbons (Fsp3) is 0.250. The Morgan fingerprint density at radius 2 is 1.54 bits per heavy atom. The molecular weight excluding hydrogens is 336 g/mol. The molecule has 1 rings (SSSR count). The van der Waals surface area contributed by atoms with Gasteiger partial charge in [0.1, 0.15) is 12.4 Å². The molecule has 0 aliphatic rings. The Morgan fingerprint density at radius 3 is 1.92 bits per heavy atom. The number of rotatable bonds is 6. The SMILES string of the molecule is C=C/C=C(\C=C)C(N)COc1cc(C(F)(F)F)cc(C(F)(F)F)c1. The van der Waals surface area contributed by atoms with Crippen LogP contribution in [-0.4, -0.2) is 12.6 Å². The Kier molecular flexibility index (Phi) is 6.25. The highest BCUT2D eigenvalue weighted by Gasteiger charge is 2.37. The minimum Gasteiger partial charge on any atom is -0.492 e. The second-order valence-corrected chi connectivity index (χ2v) is 4.77. The van der Waals surface area contributed by atoms with Crippen LogP contribution >= 0.6 is 0 Å². The van der Waals surface area contributed by atoms with Crippen molar-refractivity contribution < 1.29 is 31.1 Å². The first-order valence-corrected chi connectivity index (χ1v) is 6.62. The molecule has 0 bridgehead atoms. The number of benzene rings is 1. The summed E-state index contributed by atoms with van der Waals surface area (Å²) in [6.45, 7) is 6.63. The van der Waals surface area contributed by atoms with Crippen molar-refractivity contribution in [2.24, 2.45) is 5.73 Å². The molecule has 1 unspecified atom stereocenters. The molecule has 0 spiro atoms. The maximum Gasteiger partial charge on any atom is 0.416 e. The van der Waals surface area contributed by atoms with Crippen LogP contribution < -0.4 is 10.5 Å². The summed E-state index contributed by atoms with van der Waals surface area (Å²) in [5.41, 5.74) is 3.33. The van der Waals surface area contributed by atoms with Gasteiger partial charge in [-0.15, -0.1) is 0 Å². The van der Waals surface area contributed by atoms with Gasteiger partial charge >= 0.3 is 12.4 Å². The number of hydrogen-bond acceptors (Lipinski definition) is 2. The van der Waals surface area contributed by atoms with Crippen molar-refractivity contribution in [3.63, 3.8) is 0 Å². The maximum atomic E-state index is 12.7. The Labute approximate surface area is 134 Å². The zero-order valence-corrected chi connectivity index (χ0v) is 12.4. The van der Waals surface area contributed by atoms with Gasteiger partial charge in [-0.25, -0.2) is 0 Å². The third-order valence-corrected chi connectivity index (χ3v) is 2.96. The molecular formula is C16H15F6NO. The fourth-order valence-corrected chi connectivity index (χ4v) is 1.77. The van der Waals surface area contributed by atoms with Crippen LogP contribution in [-0.2, 0) is 12.4 Å². The van der Waals surface area contributed by atoms with Gasteiger partial charge < -0.3 is 10.5 Å². The summed E-state index contributed by atoms with van der Waals surface area (Å²) in [6, 6.07) is 0.225. The van der Waals surface area contributed by atoms with E-state index in [-0.39, 0.29) is 12.7 Å². The van der Waals surface area contributed by atoms with Gasteiger partial charge in [-0.1, -0.05) is 31.4 Å². The molecule has 8 heteroatoms. The lowest BCUT2D eigenvalue weighted by Crippen LogP contribution is -2.29. The molecule has 1 aromatic carbocycles. The molecule has 24 heavy (non-hydrogen) atoms. The molecule has 0 aromatic heterocycles. The van der Waals surface area contributed by atoms with Gasteiger partial charge in [-0.3, -0.25) is 0 Å². The van der Waals surface area contributed by atoms with Crippen molar-refractivity contribution in [1.29, 1.82) is 0 Å². The third-order valence-electron chi connectivity index (χ3n) is 2.96. The van der Waals surface area contributed by atoms with E-state index in [0.717, 1.165) is 0 Å². The predicted octanol–water partition coefficient (Wildman–Crippen LogP) is 4.73. The summed E-state index contributed by atoms with van der Waals surface area (Å²) in [7, 11) is 0. The van der Waals surface area contributed by atoms with Crippen molar-refractivity contribution in [1.82, 2.24) is 0 Å². The van der Waals surface area contributed by atoms with Crippen LogP contribution in [0.3, 0.4) is 0 Å². The van der Waals surface area contributed by atoms with E-state index in [9.17, 15) is 26.3 Å². The lowest BCUT2D eigenvalue weighted by molar-refractivity contribution is -0.143. The molecule has 2 nitrogen and oxygen atoms in total. The van der Waals surface area contributed by atoms with Gasteiger partial charge in [-0.05, 0) is 23.8 Å². The van der Waals surface area contributed by atoms with E-state index in [4.69, 9.17) is 10.5 Å². The number of alkyl halides is 6. The Balaban J connectivity index is 3.09. The van der Waals surface area contributed by atoms with E-state index >= 15 is 0 Å². The second kappa shape index (κ2) is 7.57. The van der Waals surface area contributed by atoms with Crippen LogP contribution in [0.5, 0.6) is 5.75 Å². The molecule has 1 aromatic rings. The summed E-state index contributed by atoms with van der Waals surface area (Å²) in [5, 5.41) is 0. The van der Waals surface area contributed by atoms with Gasteiger partial charge in [0, 0.05) is 0 Å². The number of hydrogen-bond donors (Lipinski definition) is 1. The second-order valence-electron chi connectivity index (χ2n) is 4.77. The average Bonchev–Trinajstić information content (AvgIpc) is 2.48. The average molecular weight is 351 g/mol. The van der Waals surface area contributed by atoms with E-state index < -0.39 is 35.3 Å². The van der Waals surface area contributed by atoms with E-state index in [1.165, 1.54) is 18.2 Å². The summed E-state index contributed by atoms with van der Waals surface area (Å²) < 4.78 is 81.4. The largest absolute Gasteiger partial charge is 0.492 e. The van der Waals surface area contributed by atoms with Gasteiger partial charge in [0.25, 0.3) is 0 Å². The summed E-state index contributed by atoms with van der Waals surface area (Å²) in [4.78, 5) is 0. The van der Waals surface area contributed by atoms with Crippen molar-refractivity contribution >= 4 is 0 Å². The highest BCUT2D eigenvalue weighted by Crippen LogP contribution is 2.38. The Bertz CT molecular complexity index is 598. The van der Waals surface area contributed by atoms with Gasteiger partial charge in [0.05, 0.1) is 17.2 Å². The molecule has 0 saturated carbocycles. The topological polar surface area (TPSA) is 35.2 Å². The molecule has 0 saturated heterocycles. The first-order valence-electron chi connectivity index (χ1n) is 6.62. The quantitative estimate of drug-likeness (QED) is 0.594. The lowest BCUT2D eigenvalue weighted by atomic mass is 10.1. The predicted molar refractivity (Wildman–Crippen MR) is 78.4 cm³/mol. The number of halogens is 6. The Hall–Kier alpha value is -2.22. The molecule has 0 heterocycles. The zero-order chi connectivity index (χ0) is 18.5. The Morgan fingerprint density at radius 1 is 1.04 bits per heavy atom. The van der Waals surface area contributed by atoms with E-state index in [1.807, 2.05) is 0 Å². The first-order chi connectivity index (χ1) is 11.0. The third kappa shape index (κ3) is 5.45. The van der Waals surface area contributed by atoms with Gasteiger partial charge in [0.15, 0.2) is 0 Å². The summed E-state index contributed by atoms with van der Waals surface area (Å²) in [5.74, 6) is -0.574. The molecule has 0 aliphatic heterocycles. The normalized spacial score (nSPS) is 14.2. The monoisotopic (exact) mass is 351 g/mol. The zero-order valence-electron chi connectivity index (χ0n) is 12.4. The van der Waals surface area contributed by atoms with Crippen LogP contribution in [0.2, 0.25) is 0 Å². The standard InChI is InChI=1S/C16H15F6NO/c1-3-5-10(4-2)14(23)9-24-13-7-11(15(17,18)19)6-12(8-13)16(20,21)22/h3-8,14H,1-2,9,23H2/b10-5+. The smallest absolute Gasteiger partial charge is 0.416 e. The summed E-state index contributed by atoms with van der Waals surface area (Å²) >= 11 is 0. The number of ether oxygens (including phenoxy) is 1. The lowest BCUT2D eigenvalue weighted by Gasteiger charge is -2.17. The van der Waals surface area contributed by atoms with Crippen LogP contribution in [0, 0.1) is 0 Å². The van der Waals surface area contributed by atoms with Crippen LogP contribution in [0.1, 0.15) is 11.1 Å². The molecule has 0 fully saturated rings. The van der Waals surface area contributed by atoms with E-state index in [1.54, 1.807) is 0 Å². The molecule has 0 radical (unpaired) electrons. The van der Waals surface area contributed by atoms with Gasteiger partial charge in [0.2, 0.25) is 0 Å². The summed E-state index contributed by atoms with van der Waals surface area (Å²) in [6.07, 6.45) is -5.55. The molecule has 0 amide bonds. The fourth-order valence-electron chi connectivity index (χ4n) is 1.77. The highest BCUT2D eigenvalue weighted by atomic mass is 19.4.